The smallest absolute Gasteiger partial charge is 0.0248 e. The van der Waals surface area contributed by atoms with Crippen LogP contribution in [-0.2, 0) is 0 Å². The van der Waals surface area contributed by atoms with E-state index in [0.717, 1.165) is 12.0 Å². The van der Waals surface area contributed by atoms with Gasteiger partial charge in [-0.15, -0.1) is 0 Å². The van der Waals surface area contributed by atoms with Crippen LogP contribution in [0.4, 0.5) is 0 Å². The van der Waals surface area contributed by atoms with Gasteiger partial charge in [0.2, 0.25) is 0 Å². The van der Waals surface area contributed by atoms with Gasteiger partial charge >= 0.3 is 0 Å². The summed E-state index contributed by atoms with van der Waals surface area (Å²) in [7, 11) is 0. The van der Waals surface area contributed by atoms with E-state index in [1.807, 2.05) is 18.2 Å². The predicted molar refractivity (Wildman–Crippen MR) is 80.5 cm³/mol. The van der Waals surface area contributed by atoms with Crippen LogP contribution in [0.1, 0.15) is 57.9 Å². The van der Waals surface area contributed by atoms with Crippen molar-refractivity contribution in [3.8, 4) is 11.8 Å². The highest BCUT2D eigenvalue weighted by atomic mass is 14.0. The van der Waals surface area contributed by atoms with Crippen LogP contribution < -0.4 is 0 Å². The standard InChI is InChI=1S/C18H24/c1-3-5-8-12-17(11-6-4-2)15-16-18-13-9-7-10-14-18/h7,9-10,12-14H,3-6,8,11H2,1-2H3/b17-12+. The summed E-state index contributed by atoms with van der Waals surface area (Å²) in [6.07, 6.45) is 9.61. The van der Waals surface area contributed by atoms with Gasteiger partial charge in [0.15, 0.2) is 0 Å². The zero-order valence-corrected chi connectivity index (χ0v) is 11.7. The van der Waals surface area contributed by atoms with Crippen LogP contribution >= 0.6 is 0 Å². The van der Waals surface area contributed by atoms with E-state index in [-0.39, 0.29) is 0 Å². The van der Waals surface area contributed by atoms with Gasteiger partial charge < -0.3 is 0 Å². The van der Waals surface area contributed by atoms with E-state index in [9.17, 15) is 0 Å². The molecule has 1 aromatic carbocycles. The molecule has 96 valence electrons. The Labute approximate surface area is 112 Å². The second kappa shape index (κ2) is 9.54. The van der Waals surface area contributed by atoms with Crippen LogP contribution in [0.5, 0.6) is 0 Å². The summed E-state index contributed by atoms with van der Waals surface area (Å²) < 4.78 is 0. The normalized spacial score (nSPS) is 10.9. The third kappa shape index (κ3) is 6.30. The summed E-state index contributed by atoms with van der Waals surface area (Å²) in [5, 5.41) is 0. The lowest BCUT2D eigenvalue weighted by molar-refractivity contribution is 0.781. The van der Waals surface area contributed by atoms with E-state index in [1.165, 1.54) is 37.7 Å². The van der Waals surface area contributed by atoms with E-state index in [1.54, 1.807) is 0 Å². The van der Waals surface area contributed by atoms with Gasteiger partial charge in [0.05, 0.1) is 0 Å². The second-order valence-electron chi connectivity index (χ2n) is 4.59. The first kappa shape index (κ1) is 14.6. The molecule has 0 heterocycles. The van der Waals surface area contributed by atoms with Gasteiger partial charge in [0, 0.05) is 5.56 Å². The number of hydrogen-bond donors (Lipinski definition) is 0. The first-order valence-corrected chi connectivity index (χ1v) is 7.13. The molecular formula is C18H24. The van der Waals surface area contributed by atoms with Crippen LogP contribution in [0.15, 0.2) is 42.0 Å². The fraction of sp³-hybridized carbons (Fsp3) is 0.444. The van der Waals surface area contributed by atoms with Gasteiger partial charge in [-0.25, -0.2) is 0 Å². The minimum atomic E-state index is 1.11. The summed E-state index contributed by atoms with van der Waals surface area (Å²) in [6, 6.07) is 10.2. The highest BCUT2D eigenvalue weighted by Gasteiger charge is 1.93. The van der Waals surface area contributed by atoms with Gasteiger partial charge in [-0.2, -0.15) is 0 Å². The first-order chi connectivity index (χ1) is 8.86. The van der Waals surface area contributed by atoms with E-state index < -0.39 is 0 Å². The van der Waals surface area contributed by atoms with Gasteiger partial charge in [-0.05, 0) is 37.0 Å². The zero-order valence-electron chi connectivity index (χ0n) is 11.7. The van der Waals surface area contributed by atoms with Crippen molar-refractivity contribution in [3.05, 3.63) is 47.5 Å². The Hall–Kier alpha value is -1.48. The molecule has 1 aromatic rings. The summed E-state index contributed by atoms with van der Waals surface area (Å²) in [4.78, 5) is 0. The third-order valence-corrected chi connectivity index (χ3v) is 2.89. The molecule has 0 saturated heterocycles. The predicted octanol–water partition coefficient (Wildman–Crippen LogP) is 5.34. The molecule has 0 amide bonds. The monoisotopic (exact) mass is 240 g/mol. The van der Waals surface area contributed by atoms with E-state index >= 15 is 0 Å². The maximum absolute atomic E-state index is 3.34. The van der Waals surface area contributed by atoms with E-state index in [2.05, 4.69) is 43.9 Å². The highest BCUT2D eigenvalue weighted by molar-refractivity contribution is 5.40. The molecule has 18 heavy (non-hydrogen) atoms. The number of rotatable bonds is 6. The Morgan fingerprint density at radius 3 is 2.44 bits per heavy atom. The number of allylic oxidation sites excluding steroid dienone is 2. The van der Waals surface area contributed by atoms with Crippen molar-refractivity contribution in [1.29, 1.82) is 0 Å². The minimum absolute atomic E-state index is 1.11. The van der Waals surface area contributed by atoms with Crippen molar-refractivity contribution in [2.45, 2.75) is 52.4 Å². The van der Waals surface area contributed by atoms with Crippen molar-refractivity contribution < 1.29 is 0 Å². The largest absolute Gasteiger partial charge is 0.0729 e. The zero-order chi connectivity index (χ0) is 13.1. The number of unbranched alkanes of at least 4 members (excludes halogenated alkanes) is 3. The molecule has 0 aliphatic carbocycles. The van der Waals surface area contributed by atoms with Crippen molar-refractivity contribution in [2.24, 2.45) is 0 Å². The summed E-state index contributed by atoms with van der Waals surface area (Å²) >= 11 is 0. The Morgan fingerprint density at radius 2 is 1.78 bits per heavy atom. The molecule has 0 unspecified atom stereocenters. The Kier molecular flexibility index (Phi) is 7.73. The molecule has 0 aromatic heterocycles. The van der Waals surface area contributed by atoms with Gasteiger partial charge in [-0.3, -0.25) is 0 Å². The molecule has 0 nitrogen and oxygen atoms in total. The first-order valence-electron chi connectivity index (χ1n) is 7.13. The lowest BCUT2D eigenvalue weighted by atomic mass is 10.1. The summed E-state index contributed by atoms with van der Waals surface area (Å²) in [6.45, 7) is 4.46. The van der Waals surface area contributed by atoms with Crippen LogP contribution in [0.2, 0.25) is 0 Å². The van der Waals surface area contributed by atoms with Gasteiger partial charge in [0.1, 0.15) is 0 Å². The van der Waals surface area contributed by atoms with E-state index in [4.69, 9.17) is 0 Å². The molecule has 0 bridgehead atoms. The molecule has 0 aliphatic rings. The lowest BCUT2D eigenvalue weighted by Gasteiger charge is -1.99. The average molecular weight is 240 g/mol. The van der Waals surface area contributed by atoms with Crippen LogP contribution in [0.25, 0.3) is 0 Å². The Balaban J connectivity index is 2.66. The summed E-state index contributed by atoms with van der Waals surface area (Å²) in [5.74, 6) is 6.60. The van der Waals surface area contributed by atoms with Crippen molar-refractivity contribution in [3.63, 3.8) is 0 Å². The minimum Gasteiger partial charge on any atom is -0.0729 e. The van der Waals surface area contributed by atoms with Crippen molar-refractivity contribution in [1.82, 2.24) is 0 Å². The van der Waals surface area contributed by atoms with Crippen LogP contribution in [0, 0.1) is 11.8 Å². The summed E-state index contributed by atoms with van der Waals surface area (Å²) in [5.41, 5.74) is 2.42. The van der Waals surface area contributed by atoms with Gasteiger partial charge in [0.25, 0.3) is 0 Å². The molecule has 0 spiro atoms. The van der Waals surface area contributed by atoms with E-state index in [0.29, 0.717) is 0 Å². The second-order valence-corrected chi connectivity index (χ2v) is 4.59. The molecule has 0 aliphatic heterocycles. The van der Waals surface area contributed by atoms with Crippen LogP contribution in [-0.4, -0.2) is 0 Å². The highest BCUT2D eigenvalue weighted by Crippen LogP contribution is 2.09. The van der Waals surface area contributed by atoms with Crippen molar-refractivity contribution >= 4 is 0 Å². The lowest BCUT2D eigenvalue weighted by Crippen LogP contribution is -1.82. The van der Waals surface area contributed by atoms with Gasteiger partial charge in [-0.1, -0.05) is 69.2 Å². The third-order valence-electron chi connectivity index (χ3n) is 2.89. The molecular weight excluding hydrogens is 216 g/mol. The average Bonchev–Trinajstić information content (AvgIpc) is 2.42. The molecule has 0 heteroatoms. The molecule has 0 saturated carbocycles. The SMILES string of the molecule is CCCC/C=C(/C#Cc1ccccc1)CCCC. The molecule has 1 rings (SSSR count). The fourth-order valence-corrected chi connectivity index (χ4v) is 1.74. The van der Waals surface area contributed by atoms with Crippen LogP contribution in [0.3, 0.4) is 0 Å². The molecule has 0 fully saturated rings. The molecule has 0 radical (unpaired) electrons. The fourth-order valence-electron chi connectivity index (χ4n) is 1.74. The van der Waals surface area contributed by atoms with Crippen molar-refractivity contribution in [2.75, 3.05) is 0 Å². The number of benzene rings is 1. The Morgan fingerprint density at radius 1 is 1.06 bits per heavy atom. The topological polar surface area (TPSA) is 0 Å². The maximum Gasteiger partial charge on any atom is 0.0248 e. The maximum atomic E-state index is 3.34. The Bertz CT molecular complexity index is 401. The molecule has 0 atom stereocenters. The molecule has 0 N–H and O–H groups in total. The quantitative estimate of drug-likeness (QED) is 0.465. The number of hydrogen-bond acceptors (Lipinski definition) is 0.